The van der Waals surface area contributed by atoms with Crippen LogP contribution in [0.5, 0.6) is 0 Å². The van der Waals surface area contributed by atoms with E-state index in [2.05, 4.69) is 15.0 Å². The summed E-state index contributed by atoms with van der Waals surface area (Å²) in [5.74, 6) is 0.385. The average Bonchev–Trinajstić information content (AvgIpc) is 2.69. The van der Waals surface area contributed by atoms with Crippen molar-refractivity contribution in [2.45, 2.75) is 4.90 Å². The molecule has 1 N–H and O–H groups in total. The third-order valence-electron chi connectivity index (χ3n) is 2.17. The second-order valence-corrected chi connectivity index (χ2v) is 4.71. The van der Waals surface area contributed by atoms with Gasteiger partial charge in [0.25, 0.3) is 0 Å². The third kappa shape index (κ3) is 2.44. The van der Waals surface area contributed by atoms with Crippen molar-refractivity contribution in [3.05, 3.63) is 24.5 Å². The summed E-state index contributed by atoms with van der Waals surface area (Å²) >= 11 is 0. The average molecular weight is 253 g/mol. The number of anilines is 1. The zero-order valence-electron chi connectivity index (χ0n) is 9.34. The van der Waals surface area contributed by atoms with E-state index in [9.17, 15) is 9.00 Å². The van der Waals surface area contributed by atoms with Crippen molar-refractivity contribution in [2.24, 2.45) is 0 Å². The maximum absolute atomic E-state index is 11.3. The number of nitrogens with one attached hydrogen (secondary N) is 1. The summed E-state index contributed by atoms with van der Waals surface area (Å²) in [6.07, 6.45) is 4.36. The van der Waals surface area contributed by atoms with E-state index in [0.717, 1.165) is 0 Å². The van der Waals surface area contributed by atoms with Crippen LogP contribution >= 0.6 is 0 Å². The highest BCUT2D eigenvalue weighted by molar-refractivity contribution is 7.84. The number of imidazole rings is 1. The Kier molecular flexibility index (Phi) is 3.10. The van der Waals surface area contributed by atoms with Crippen LogP contribution in [0.15, 0.2) is 29.4 Å². The molecule has 0 aliphatic heterocycles. The third-order valence-corrected chi connectivity index (χ3v) is 3.08. The number of methoxy groups -OCH3 is 1. The molecule has 6 nitrogen and oxygen atoms in total. The van der Waals surface area contributed by atoms with Crippen LogP contribution in [-0.2, 0) is 15.5 Å². The summed E-state index contributed by atoms with van der Waals surface area (Å²) in [4.78, 5) is 15.8. The molecule has 2 aromatic rings. The molecule has 7 heteroatoms. The SMILES string of the molecule is COC(=O)Nc1cn2cc(S(C)=O)ccc2n1. The minimum atomic E-state index is -1.05. The van der Waals surface area contributed by atoms with E-state index in [0.29, 0.717) is 16.4 Å². The quantitative estimate of drug-likeness (QED) is 0.874. The van der Waals surface area contributed by atoms with Crippen molar-refractivity contribution in [3.8, 4) is 0 Å². The summed E-state index contributed by atoms with van der Waals surface area (Å²) in [5, 5.41) is 2.46. The molecule has 0 fully saturated rings. The molecular formula is C10H11N3O3S. The molecule has 2 heterocycles. The zero-order chi connectivity index (χ0) is 12.4. The zero-order valence-corrected chi connectivity index (χ0v) is 10.2. The van der Waals surface area contributed by atoms with Crippen LogP contribution in [0.2, 0.25) is 0 Å². The van der Waals surface area contributed by atoms with E-state index in [1.807, 2.05) is 0 Å². The van der Waals surface area contributed by atoms with Crippen LogP contribution in [0.4, 0.5) is 10.6 Å². The van der Waals surface area contributed by atoms with Crippen LogP contribution in [0.3, 0.4) is 0 Å². The lowest BCUT2D eigenvalue weighted by molar-refractivity contribution is 0.187. The second-order valence-electron chi connectivity index (χ2n) is 3.33. The highest BCUT2D eigenvalue weighted by Gasteiger charge is 2.06. The predicted octanol–water partition coefficient (Wildman–Crippen LogP) is 1.25. The lowest BCUT2D eigenvalue weighted by Gasteiger charge is -1.97. The van der Waals surface area contributed by atoms with Crippen molar-refractivity contribution >= 4 is 28.4 Å². The Balaban J connectivity index is 2.37. The first-order chi connectivity index (χ1) is 8.10. The number of nitrogens with zero attached hydrogens (tertiary/aromatic N) is 2. The van der Waals surface area contributed by atoms with Gasteiger partial charge in [0.05, 0.1) is 29.0 Å². The molecule has 90 valence electrons. The van der Waals surface area contributed by atoms with E-state index < -0.39 is 16.9 Å². The van der Waals surface area contributed by atoms with Crippen molar-refractivity contribution < 1.29 is 13.7 Å². The Bertz CT molecular complexity index is 593. The Morgan fingerprint density at radius 2 is 2.24 bits per heavy atom. The molecule has 0 bridgehead atoms. The number of ether oxygens (including phenoxy) is 1. The Hall–Kier alpha value is -1.89. The molecule has 0 aromatic carbocycles. The summed E-state index contributed by atoms with van der Waals surface area (Å²) in [5.41, 5.74) is 0.658. The van der Waals surface area contributed by atoms with Gasteiger partial charge >= 0.3 is 6.09 Å². The van der Waals surface area contributed by atoms with Crippen molar-refractivity contribution in [1.82, 2.24) is 9.38 Å². The van der Waals surface area contributed by atoms with Gasteiger partial charge in [-0.1, -0.05) is 0 Å². The van der Waals surface area contributed by atoms with Crippen LogP contribution in [0.1, 0.15) is 0 Å². The lowest BCUT2D eigenvalue weighted by atomic mass is 10.5. The summed E-state index contributed by atoms with van der Waals surface area (Å²) < 4.78 is 17.5. The van der Waals surface area contributed by atoms with Crippen molar-refractivity contribution in [1.29, 1.82) is 0 Å². The number of carbonyl (C=O) groups excluding carboxylic acids is 1. The van der Waals surface area contributed by atoms with E-state index >= 15 is 0 Å². The fourth-order valence-corrected chi connectivity index (χ4v) is 1.88. The van der Waals surface area contributed by atoms with Gasteiger partial charge in [-0.25, -0.2) is 9.78 Å². The molecule has 0 spiro atoms. The van der Waals surface area contributed by atoms with Crippen LogP contribution in [0.25, 0.3) is 5.65 Å². The number of fused-ring (bicyclic) bond motifs is 1. The van der Waals surface area contributed by atoms with Crippen LogP contribution < -0.4 is 5.32 Å². The van der Waals surface area contributed by atoms with Gasteiger partial charge in [0.15, 0.2) is 5.82 Å². The largest absolute Gasteiger partial charge is 0.453 e. The molecule has 1 atom stereocenters. The second kappa shape index (κ2) is 4.54. The fraction of sp³-hybridized carbons (Fsp3) is 0.200. The Morgan fingerprint density at radius 3 is 2.88 bits per heavy atom. The lowest BCUT2D eigenvalue weighted by Crippen LogP contribution is -2.10. The van der Waals surface area contributed by atoms with Crippen LogP contribution in [0, 0.1) is 0 Å². The minimum absolute atomic E-state index is 0.385. The van der Waals surface area contributed by atoms with Gasteiger partial charge in [0.1, 0.15) is 5.65 Å². The first-order valence-corrected chi connectivity index (χ1v) is 6.33. The smallest absolute Gasteiger partial charge is 0.412 e. The molecule has 17 heavy (non-hydrogen) atoms. The Labute approximate surface area is 100 Å². The highest BCUT2D eigenvalue weighted by Crippen LogP contribution is 2.13. The molecule has 0 aliphatic carbocycles. The number of hydrogen-bond donors (Lipinski definition) is 1. The van der Waals surface area contributed by atoms with Gasteiger partial charge in [-0.2, -0.15) is 0 Å². The maximum Gasteiger partial charge on any atom is 0.412 e. The minimum Gasteiger partial charge on any atom is -0.453 e. The highest BCUT2D eigenvalue weighted by atomic mass is 32.2. The molecule has 2 rings (SSSR count). The number of rotatable bonds is 2. The molecule has 1 unspecified atom stereocenters. The Morgan fingerprint density at radius 1 is 1.47 bits per heavy atom. The van der Waals surface area contributed by atoms with Gasteiger partial charge in [-0.15, -0.1) is 0 Å². The summed E-state index contributed by atoms with van der Waals surface area (Å²) in [6, 6.07) is 3.47. The maximum atomic E-state index is 11.3. The predicted molar refractivity (Wildman–Crippen MR) is 63.6 cm³/mol. The molecule has 0 saturated heterocycles. The van der Waals surface area contributed by atoms with Gasteiger partial charge in [-0.3, -0.25) is 9.53 Å². The first kappa shape index (κ1) is 11.6. The molecular weight excluding hydrogens is 242 g/mol. The van der Waals surface area contributed by atoms with E-state index in [4.69, 9.17) is 0 Å². The molecule has 2 aromatic heterocycles. The standard InChI is InChI=1S/C10H11N3O3S/c1-16-10(14)12-8-6-13-5-7(17(2)15)3-4-9(13)11-8/h3-6H,1-2H3,(H,12,14). The molecule has 0 radical (unpaired) electrons. The monoisotopic (exact) mass is 253 g/mol. The van der Waals surface area contributed by atoms with Gasteiger partial charge < -0.3 is 9.14 Å². The fourth-order valence-electron chi connectivity index (χ4n) is 1.36. The topological polar surface area (TPSA) is 72.7 Å². The number of hydrogen-bond acceptors (Lipinski definition) is 4. The molecule has 0 saturated carbocycles. The first-order valence-electron chi connectivity index (χ1n) is 4.77. The van der Waals surface area contributed by atoms with Crippen molar-refractivity contribution in [2.75, 3.05) is 18.7 Å². The summed E-state index contributed by atoms with van der Waals surface area (Å²) in [7, 11) is 0.233. The van der Waals surface area contributed by atoms with E-state index in [1.54, 1.807) is 35.2 Å². The number of carbonyl (C=O) groups is 1. The number of pyridine rings is 1. The normalized spacial score (nSPS) is 12.4. The van der Waals surface area contributed by atoms with Crippen LogP contribution in [-0.4, -0.2) is 33.1 Å². The van der Waals surface area contributed by atoms with Gasteiger partial charge in [-0.05, 0) is 12.1 Å². The number of amides is 1. The van der Waals surface area contributed by atoms with Gasteiger partial charge in [0.2, 0.25) is 0 Å². The van der Waals surface area contributed by atoms with E-state index in [1.165, 1.54) is 7.11 Å². The summed E-state index contributed by atoms with van der Waals surface area (Å²) in [6.45, 7) is 0. The van der Waals surface area contributed by atoms with Crippen molar-refractivity contribution in [3.63, 3.8) is 0 Å². The van der Waals surface area contributed by atoms with Gasteiger partial charge in [0, 0.05) is 12.5 Å². The van der Waals surface area contributed by atoms with E-state index in [-0.39, 0.29) is 0 Å². The molecule has 0 aliphatic rings. The number of aromatic nitrogens is 2. The molecule has 1 amide bonds.